The van der Waals surface area contributed by atoms with Crippen LogP contribution in [0.5, 0.6) is 0 Å². The number of halogens is 3. The van der Waals surface area contributed by atoms with Crippen molar-refractivity contribution in [2.45, 2.75) is 13.1 Å². The van der Waals surface area contributed by atoms with Gasteiger partial charge in [-0.25, -0.2) is 4.79 Å². The lowest BCUT2D eigenvalue weighted by molar-refractivity contribution is 0.0697. The predicted octanol–water partition coefficient (Wildman–Crippen LogP) is 4.17. The van der Waals surface area contributed by atoms with E-state index in [2.05, 4.69) is 5.32 Å². The Labute approximate surface area is 141 Å². The molecule has 0 fully saturated rings. The largest absolute Gasteiger partial charge is 0.478 e. The quantitative estimate of drug-likeness (QED) is 0.852. The number of hydrogen-bond donors (Lipinski definition) is 2. The predicted molar refractivity (Wildman–Crippen MR) is 89.9 cm³/mol. The van der Waals surface area contributed by atoms with Crippen LogP contribution in [0, 0.1) is 0 Å². The molecule has 0 saturated carbocycles. The number of benzene rings is 2. The number of carbonyl (C=O) groups is 1. The normalized spacial score (nSPS) is 9.38. The van der Waals surface area contributed by atoms with Gasteiger partial charge in [0.1, 0.15) is 0 Å². The molecule has 2 aromatic rings. The van der Waals surface area contributed by atoms with Crippen LogP contribution in [0.3, 0.4) is 0 Å². The highest BCUT2D eigenvalue weighted by Gasteiger charge is 2.02. The molecule has 6 heteroatoms. The molecule has 0 aromatic heterocycles. The maximum atomic E-state index is 10.7. The first kappa shape index (κ1) is 19.7. The van der Waals surface area contributed by atoms with Gasteiger partial charge in [0, 0.05) is 18.1 Å². The molecule has 0 atom stereocenters. The topological polar surface area (TPSA) is 49.3 Å². The van der Waals surface area contributed by atoms with E-state index in [4.69, 9.17) is 16.7 Å². The van der Waals surface area contributed by atoms with Gasteiger partial charge in [0.2, 0.25) is 0 Å². The van der Waals surface area contributed by atoms with Crippen molar-refractivity contribution < 1.29 is 9.90 Å². The fourth-order valence-electron chi connectivity index (χ4n) is 1.75. The molecule has 0 aliphatic rings. The Bertz CT molecular complexity index is 573. The van der Waals surface area contributed by atoms with Crippen LogP contribution in [-0.2, 0) is 13.1 Å². The zero-order chi connectivity index (χ0) is 13.7. The standard InChI is InChI=1S/C15H14ClNO2.2ClH/c16-14-4-2-1-3-13(14)10-17-9-11-5-7-12(8-6-11)15(18)19;;/h1-8,17H,9-10H2,(H,18,19);2*1H. The summed E-state index contributed by atoms with van der Waals surface area (Å²) in [6.45, 7) is 1.35. The summed E-state index contributed by atoms with van der Waals surface area (Å²) in [5, 5.41) is 12.8. The van der Waals surface area contributed by atoms with E-state index in [0.717, 1.165) is 16.1 Å². The summed E-state index contributed by atoms with van der Waals surface area (Å²) in [6, 6.07) is 14.5. The van der Waals surface area contributed by atoms with Crippen LogP contribution in [0.25, 0.3) is 0 Å². The summed E-state index contributed by atoms with van der Waals surface area (Å²) < 4.78 is 0. The van der Waals surface area contributed by atoms with Crippen molar-refractivity contribution in [2.24, 2.45) is 0 Å². The number of aromatic carboxylic acids is 1. The minimum atomic E-state index is -0.907. The molecule has 0 radical (unpaired) electrons. The number of rotatable bonds is 5. The van der Waals surface area contributed by atoms with E-state index in [0.29, 0.717) is 18.7 Å². The van der Waals surface area contributed by atoms with E-state index in [-0.39, 0.29) is 24.8 Å². The van der Waals surface area contributed by atoms with Gasteiger partial charge in [-0.2, -0.15) is 0 Å². The van der Waals surface area contributed by atoms with Crippen molar-refractivity contribution in [3.63, 3.8) is 0 Å². The maximum Gasteiger partial charge on any atom is 0.335 e. The van der Waals surface area contributed by atoms with Gasteiger partial charge < -0.3 is 10.4 Å². The highest BCUT2D eigenvalue weighted by molar-refractivity contribution is 6.31. The number of carboxylic acid groups (broad SMARTS) is 1. The second-order valence-corrected chi connectivity index (χ2v) is 4.60. The van der Waals surface area contributed by atoms with Gasteiger partial charge in [-0.3, -0.25) is 0 Å². The lowest BCUT2D eigenvalue weighted by Gasteiger charge is -2.07. The summed E-state index contributed by atoms with van der Waals surface area (Å²) >= 11 is 6.06. The summed E-state index contributed by atoms with van der Waals surface area (Å²) in [5.41, 5.74) is 2.39. The van der Waals surface area contributed by atoms with Crippen LogP contribution in [0.4, 0.5) is 0 Å². The summed E-state index contributed by atoms with van der Waals surface area (Å²) in [6.07, 6.45) is 0. The van der Waals surface area contributed by atoms with Crippen molar-refractivity contribution in [3.8, 4) is 0 Å². The summed E-state index contributed by atoms with van der Waals surface area (Å²) in [4.78, 5) is 10.7. The minimum Gasteiger partial charge on any atom is -0.478 e. The average Bonchev–Trinajstić information content (AvgIpc) is 2.41. The third-order valence-electron chi connectivity index (χ3n) is 2.80. The van der Waals surface area contributed by atoms with Crippen molar-refractivity contribution in [1.82, 2.24) is 5.32 Å². The second-order valence-electron chi connectivity index (χ2n) is 4.20. The first-order valence-corrected chi connectivity index (χ1v) is 6.31. The zero-order valence-electron chi connectivity index (χ0n) is 11.1. The molecule has 0 heterocycles. The van der Waals surface area contributed by atoms with Gasteiger partial charge in [-0.05, 0) is 29.3 Å². The Hall–Kier alpha value is -1.26. The lowest BCUT2D eigenvalue weighted by atomic mass is 10.1. The summed E-state index contributed by atoms with van der Waals surface area (Å²) in [7, 11) is 0. The number of hydrogen-bond acceptors (Lipinski definition) is 2. The van der Waals surface area contributed by atoms with Crippen molar-refractivity contribution in [3.05, 3.63) is 70.2 Å². The Morgan fingerprint density at radius 1 is 1.00 bits per heavy atom. The third-order valence-corrected chi connectivity index (χ3v) is 3.17. The molecular formula is C15H16Cl3NO2. The SMILES string of the molecule is Cl.Cl.O=C(O)c1ccc(CNCc2ccccc2Cl)cc1. The molecule has 0 aliphatic heterocycles. The molecule has 0 bridgehead atoms. The van der Waals surface area contributed by atoms with Gasteiger partial charge in [-0.1, -0.05) is 41.9 Å². The average molecular weight is 349 g/mol. The molecule has 21 heavy (non-hydrogen) atoms. The van der Waals surface area contributed by atoms with Crippen LogP contribution in [-0.4, -0.2) is 11.1 Å². The number of carboxylic acids is 1. The molecule has 2 aromatic carbocycles. The Kier molecular flexibility index (Phi) is 9.06. The van der Waals surface area contributed by atoms with Crippen LogP contribution in [0.2, 0.25) is 5.02 Å². The van der Waals surface area contributed by atoms with E-state index >= 15 is 0 Å². The fourth-order valence-corrected chi connectivity index (χ4v) is 1.95. The monoisotopic (exact) mass is 347 g/mol. The second kappa shape index (κ2) is 9.64. The highest BCUT2D eigenvalue weighted by atomic mass is 35.5. The van der Waals surface area contributed by atoms with E-state index < -0.39 is 5.97 Å². The Morgan fingerprint density at radius 3 is 2.19 bits per heavy atom. The smallest absolute Gasteiger partial charge is 0.335 e. The first-order valence-electron chi connectivity index (χ1n) is 5.93. The van der Waals surface area contributed by atoms with Gasteiger partial charge in [-0.15, -0.1) is 24.8 Å². The molecule has 2 N–H and O–H groups in total. The van der Waals surface area contributed by atoms with E-state index in [1.54, 1.807) is 12.1 Å². The molecule has 2 rings (SSSR count). The Morgan fingerprint density at radius 2 is 1.62 bits per heavy atom. The molecule has 3 nitrogen and oxygen atoms in total. The van der Waals surface area contributed by atoms with Crippen LogP contribution in [0.15, 0.2) is 48.5 Å². The Balaban J connectivity index is 0.00000200. The van der Waals surface area contributed by atoms with Gasteiger partial charge in [0.15, 0.2) is 0 Å². The lowest BCUT2D eigenvalue weighted by Crippen LogP contribution is -2.13. The molecule has 0 saturated heterocycles. The van der Waals surface area contributed by atoms with Crippen molar-refractivity contribution in [1.29, 1.82) is 0 Å². The van der Waals surface area contributed by atoms with E-state index in [1.165, 1.54) is 0 Å². The molecule has 0 aliphatic carbocycles. The van der Waals surface area contributed by atoms with Crippen molar-refractivity contribution >= 4 is 42.4 Å². The zero-order valence-corrected chi connectivity index (χ0v) is 13.5. The van der Waals surface area contributed by atoms with E-state index in [9.17, 15) is 4.79 Å². The van der Waals surface area contributed by atoms with Crippen molar-refractivity contribution in [2.75, 3.05) is 0 Å². The van der Waals surface area contributed by atoms with Crippen LogP contribution in [0.1, 0.15) is 21.5 Å². The van der Waals surface area contributed by atoms with Crippen LogP contribution < -0.4 is 5.32 Å². The fraction of sp³-hybridized carbons (Fsp3) is 0.133. The van der Waals surface area contributed by atoms with Gasteiger partial charge in [0.05, 0.1) is 5.56 Å². The molecular weight excluding hydrogens is 333 g/mol. The molecule has 114 valence electrons. The van der Waals surface area contributed by atoms with Crippen LogP contribution >= 0.6 is 36.4 Å². The molecule has 0 spiro atoms. The number of nitrogens with one attached hydrogen (secondary N) is 1. The minimum absolute atomic E-state index is 0. The third kappa shape index (κ3) is 5.94. The highest BCUT2D eigenvalue weighted by Crippen LogP contribution is 2.14. The van der Waals surface area contributed by atoms with Gasteiger partial charge >= 0.3 is 5.97 Å². The molecule has 0 amide bonds. The summed E-state index contributed by atoms with van der Waals surface area (Å²) in [5.74, 6) is -0.907. The molecule has 0 unspecified atom stereocenters. The first-order chi connectivity index (χ1) is 9.16. The maximum absolute atomic E-state index is 10.7. The van der Waals surface area contributed by atoms with Gasteiger partial charge in [0.25, 0.3) is 0 Å². The van der Waals surface area contributed by atoms with E-state index in [1.807, 2.05) is 36.4 Å².